The minimum absolute atomic E-state index is 0.111. The van der Waals surface area contributed by atoms with Crippen molar-refractivity contribution in [3.8, 4) is 0 Å². The van der Waals surface area contributed by atoms with Crippen LogP contribution in [0.2, 0.25) is 0 Å². The molecule has 0 atom stereocenters. The summed E-state index contributed by atoms with van der Waals surface area (Å²) >= 11 is 0. The van der Waals surface area contributed by atoms with Crippen molar-refractivity contribution in [3.63, 3.8) is 0 Å². The Morgan fingerprint density at radius 3 is 2.27 bits per heavy atom. The Kier molecular flexibility index (Phi) is 6.48. The highest BCUT2D eigenvalue weighted by Crippen LogP contribution is 2.11. The standard InChI is InChI=1S/C18H22N4O3S/c1-14-4-10-17(11-5-14)26(24,25)20-13-18(23)21-19-12-15-6-8-16(9-7-15)22(2)3/h4-12,20H,13H2,1-3H3,(H,21,23)/b19-12+. The molecular weight excluding hydrogens is 352 g/mol. The van der Waals surface area contributed by atoms with E-state index in [0.29, 0.717) is 0 Å². The third-order valence-corrected chi connectivity index (χ3v) is 4.98. The molecule has 2 rings (SSSR count). The summed E-state index contributed by atoms with van der Waals surface area (Å²) in [6, 6.07) is 14.0. The number of nitrogens with one attached hydrogen (secondary N) is 2. The number of rotatable bonds is 7. The second-order valence-electron chi connectivity index (χ2n) is 5.92. The SMILES string of the molecule is Cc1ccc(S(=O)(=O)NCC(=O)N/N=C/c2ccc(N(C)C)cc2)cc1. The number of carbonyl (C=O) groups excluding carboxylic acids is 1. The maximum atomic E-state index is 12.1. The molecule has 2 aromatic carbocycles. The quantitative estimate of drug-likeness (QED) is 0.567. The van der Waals surface area contributed by atoms with E-state index in [0.717, 1.165) is 16.8 Å². The smallest absolute Gasteiger partial charge is 0.255 e. The van der Waals surface area contributed by atoms with E-state index in [-0.39, 0.29) is 4.90 Å². The first-order valence-corrected chi connectivity index (χ1v) is 9.42. The van der Waals surface area contributed by atoms with Crippen molar-refractivity contribution in [2.75, 3.05) is 25.5 Å². The normalized spacial score (nSPS) is 11.5. The molecule has 0 radical (unpaired) electrons. The van der Waals surface area contributed by atoms with Gasteiger partial charge in [0.2, 0.25) is 10.0 Å². The van der Waals surface area contributed by atoms with E-state index in [2.05, 4.69) is 15.2 Å². The molecule has 8 heteroatoms. The Morgan fingerprint density at radius 1 is 1.08 bits per heavy atom. The van der Waals surface area contributed by atoms with Gasteiger partial charge < -0.3 is 4.90 Å². The maximum absolute atomic E-state index is 12.1. The molecule has 7 nitrogen and oxygen atoms in total. The van der Waals surface area contributed by atoms with Crippen LogP contribution in [0.4, 0.5) is 5.69 Å². The molecule has 26 heavy (non-hydrogen) atoms. The van der Waals surface area contributed by atoms with E-state index in [1.54, 1.807) is 12.1 Å². The van der Waals surface area contributed by atoms with Gasteiger partial charge in [0.1, 0.15) is 0 Å². The van der Waals surface area contributed by atoms with E-state index in [1.807, 2.05) is 50.2 Å². The maximum Gasteiger partial charge on any atom is 0.255 e. The summed E-state index contributed by atoms with van der Waals surface area (Å²) in [7, 11) is 0.161. The largest absolute Gasteiger partial charge is 0.378 e. The molecule has 0 fully saturated rings. The Labute approximate surface area is 153 Å². The summed E-state index contributed by atoms with van der Waals surface area (Å²) in [5, 5.41) is 3.83. The van der Waals surface area contributed by atoms with Crippen molar-refractivity contribution < 1.29 is 13.2 Å². The molecule has 0 bridgehead atoms. The topological polar surface area (TPSA) is 90.9 Å². The summed E-state index contributed by atoms with van der Waals surface area (Å²) in [6.07, 6.45) is 1.49. The monoisotopic (exact) mass is 374 g/mol. The van der Waals surface area contributed by atoms with Crippen molar-refractivity contribution in [2.45, 2.75) is 11.8 Å². The third-order valence-electron chi connectivity index (χ3n) is 3.57. The lowest BCUT2D eigenvalue weighted by molar-refractivity contribution is -0.119. The minimum Gasteiger partial charge on any atom is -0.378 e. The summed E-state index contributed by atoms with van der Waals surface area (Å²) in [4.78, 5) is 13.8. The van der Waals surface area contributed by atoms with Crippen molar-refractivity contribution in [1.29, 1.82) is 0 Å². The van der Waals surface area contributed by atoms with Crippen molar-refractivity contribution in [1.82, 2.24) is 10.1 Å². The molecule has 0 heterocycles. The number of anilines is 1. The van der Waals surface area contributed by atoms with E-state index in [9.17, 15) is 13.2 Å². The summed E-state index contributed by atoms with van der Waals surface area (Å²) in [5.74, 6) is -0.554. The number of nitrogens with zero attached hydrogens (tertiary/aromatic N) is 2. The number of hydrogen-bond acceptors (Lipinski definition) is 5. The lowest BCUT2D eigenvalue weighted by Gasteiger charge is -2.11. The fraction of sp³-hybridized carbons (Fsp3) is 0.222. The van der Waals surface area contributed by atoms with Gasteiger partial charge in [-0.2, -0.15) is 5.10 Å². The Hall–Kier alpha value is -2.71. The molecule has 0 spiro atoms. The average molecular weight is 374 g/mol. The molecular formula is C18H22N4O3S. The molecule has 1 amide bonds. The van der Waals surface area contributed by atoms with Gasteiger partial charge in [-0.1, -0.05) is 29.8 Å². The van der Waals surface area contributed by atoms with Crippen LogP contribution in [0.3, 0.4) is 0 Å². The molecule has 2 aromatic rings. The van der Waals surface area contributed by atoms with Crippen LogP contribution in [-0.2, 0) is 14.8 Å². The number of aryl methyl sites for hydroxylation is 1. The van der Waals surface area contributed by atoms with Gasteiger partial charge in [-0.05, 0) is 36.8 Å². The second-order valence-corrected chi connectivity index (χ2v) is 7.68. The molecule has 0 unspecified atom stereocenters. The number of sulfonamides is 1. The summed E-state index contributed by atoms with van der Waals surface area (Å²) in [5.41, 5.74) is 5.12. The number of hydrazone groups is 1. The van der Waals surface area contributed by atoms with Crippen LogP contribution in [0, 0.1) is 6.92 Å². The second kappa shape index (κ2) is 8.59. The lowest BCUT2D eigenvalue weighted by Crippen LogP contribution is -2.34. The van der Waals surface area contributed by atoms with Gasteiger partial charge in [-0.3, -0.25) is 4.79 Å². The molecule has 0 aliphatic carbocycles. The fourth-order valence-corrected chi connectivity index (χ4v) is 3.02. The van der Waals surface area contributed by atoms with Crippen molar-refractivity contribution in [3.05, 3.63) is 59.7 Å². The molecule has 0 aromatic heterocycles. The summed E-state index contributed by atoms with van der Waals surface area (Å²) in [6.45, 7) is 1.47. The minimum atomic E-state index is -3.73. The molecule has 138 valence electrons. The predicted molar refractivity (Wildman–Crippen MR) is 103 cm³/mol. The Morgan fingerprint density at radius 2 is 1.69 bits per heavy atom. The van der Waals surface area contributed by atoms with Crippen LogP contribution in [-0.4, -0.2) is 41.2 Å². The molecule has 0 saturated carbocycles. The zero-order valence-corrected chi connectivity index (χ0v) is 15.7. The highest BCUT2D eigenvalue weighted by Gasteiger charge is 2.14. The van der Waals surface area contributed by atoms with E-state index >= 15 is 0 Å². The van der Waals surface area contributed by atoms with Gasteiger partial charge in [0, 0.05) is 19.8 Å². The van der Waals surface area contributed by atoms with Crippen LogP contribution in [0.15, 0.2) is 58.5 Å². The first-order valence-electron chi connectivity index (χ1n) is 7.93. The Bertz CT molecular complexity index is 874. The van der Waals surface area contributed by atoms with E-state index < -0.39 is 22.5 Å². The van der Waals surface area contributed by atoms with Crippen LogP contribution < -0.4 is 15.0 Å². The van der Waals surface area contributed by atoms with Gasteiger partial charge in [0.15, 0.2) is 0 Å². The van der Waals surface area contributed by atoms with Crippen LogP contribution in [0.5, 0.6) is 0 Å². The highest BCUT2D eigenvalue weighted by molar-refractivity contribution is 7.89. The predicted octanol–water partition coefficient (Wildman–Crippen LogP) is 1.49. The number of carbonyl (C=O) groups is 1. The molecule has 0 aliphatic rings. The third kappa shape index (κ3) is 5.68. The van der Waals surface area contributed by atoms with Gasteiger partial charge in [0.25, 0.3) is 5.91 Å². The zero-order chi connectivity index (χ0) is 19.2. The Balaban J connectivity index is 1.85. The van der Waals surface area contributed by atoms with Crippen LogP contribution >= 0.6 is 0 Å². The summed E-state index contributed by atoms with van der Waals surface area (Å²) < 4.78 is 26.4. The number of benzene rings is 2. The first kappa shape index (κ1) is 19.6. The van der Waals surface area contributed by atoms with E-state index in [1.165, 1.54) is 18.3 Å². The van der Waals surface area contributed by atoms with Crippen LogP contribution in [0.25, 0.3) is 0 Å². The zero-order valence-electron chi connectivity index (χ0n) is 14.9. The average Bonchev–Trinajstić information content (AvgIpc) is 2.61. The van der Waals surface area contributed by atoms with Crippen LogP contribution in [0.1, 0.15) is 11.1 Å². The van der Waals surface area contributed by atoms with Crippen molar-refractivity contribution >= 4 is 27.8 Å². The first-order chi connectivity index (χ1) is 12.3. The number of hydrogen-bond donors (Lipinski definition) is 2. The van der Waals surface area contributed by atoms with Gasteiger partial charge >= 0.3 is 0 Å². The van der Waals surface area contributed by atoms with Crippen molar-refractivity contribution in [2.24, 2.45) is 5.10 Å². The molecule has 0 aliphatic heterocycles. The number of amides is 1. The van der Waals surface area contributed by atoms with E-state index in [4.69, 9.17) is 0 Å². The van der Waals surface area contributed by atoms with Gasteiger partial charge in [-0.15, -0.1) is 0 Å². The van der Waals surface area contributed by atoms with Gasteiger partial charge in [0.05, 0.1) is 17.7 Å². The lowest BCUT2D eigenvalue weighted by atomic mass is 10.2. The highest BCUT2D eigenvalue weighted by atomic mass is 32.2. The van der Waals surface area contributed by atoms with Gasteiger partial charge in [-0.25, -0.2) is 18.6 Å². The molecule has 0 saturated heterocycles. The fourth-order valence-electron chi connectivity index (χ4n) is 2.04. The molecule has 2 N–H and O–H groups in total.